The molecule has 1 heterocycles. The zero-order valence-corrected chi connectivity index (χ0v) is 17.9. The monoisotopic (exact) mass is 387 g/mol. The summed E-state index contributed by atoms with van der Waals surface area (Å²) in [5.41, 5.74) is 1.49. The van der Waals surface area contributed by atoms with Gasteiger partial charge in [0.15, 0.2) is 5.69 Å². The lowest BCUT2D eigenvalue weighted by Crippen LogP contribution is -2.36. The fourth-order valence-corrected chi connectivity index (χ4v) is 2.83. The molecule has 2 rings (SSSR count). The topological polar surface area (TPSA) is 67.6 Å². The highest BCUT2D eigenvalue weighted by molar-refractivity contribution is 5.92. The van der Waals surface area contributed by atoms with Gasteiger partial charge in [0.05, 0.1) is 13.7 Å². The largest absolute Gasteiger partial charge is 0.497 e. The molecule has 6 nitrogen and oxygen atoms in total. The molecule has 0 saturated heterocycles. The molecule has 2 atom stereocenters. The Morgan fingerprint density at radius 3 is 2.64 bits per heavy atom. The van der Waals surface area contributed by atoms with Gasteiger partial charge in [-0.1, -0.05) is 32.9 Å². The van der Waals surface area contributed by atoms with Crippen molar-refractivity contribution < 1.29 is 13.9 Å². The van der Waals surface area contributed by atoms with Crippen LogP contribution in [0.15, 0.2) is 34.9 Å². The quantitative estimate of drug-likeness (QED) is 0.660. The van der Waals surface area contributed by atoms with Crippen molar-refractivity contribution in [2.45, 2.75) is 66.2 Å². The number of nitrogens with one attached hydrogen (secondary N) is 1. The lowest BCUT2D eigenvalue weighted by molar-refractivity contribution is 0.0934. The van der Waals surface area contributed by atoms with Crippen LogP contribution in [0.3, 0.4) is 0 Å². The van der Waals surface area contributed by atoms with Gasteiger partial charge in [-0.3, -0.25) is 9.69 Å². The van der Waals surface area contributed by atoms with Crippen LogP contribution >= 0.6 is 0 Å². The molecule has 0 aliphatic heterocycles. The number of benzene rings is 1. The normalized spacial score (nSPS) is 13.6. The van der Waals surface area contributed by atoms with Crippen molar-refractivity contribution in [2.75, 3.05) is 7.11 Å². The van der Waals surface area contributed by atoms with Crippen LogP contribution < -0.4 is 10.1 Å². The predicted octanol–water partition coefficient (Wildman–Crippen LogP) is 4.26. The maximum absolute atomic E-state index is 12.3. The van der Waals surface area contributed by atoms with Crippen molar-refractivity contribution in [3.8, 4) is 5.75 Å². The lowest BCUT2D eigenvalue weighted by Gasteiger charge is -2.30. The van der Waals surface area contributed by atoms with E-state index in [1.807, 2.05) is 32.0 Å². The Morgan fingerprint density at radius 2 is 2.00 bits per heavy atom. The summed E-state index contributed by atoms with van der Waals surface area (Å²) >= 11 is 0. The van der Waals surface area contributed by atoms with Crippen molar-refractivity contribution in [1.82, 2.24) is 15.2 Å². The zero-order chi connectivity index (χ0) is 20.7. The molecule has 28 heavy (non-hydrogen) atoms. The van der Waals surface area contributed by atoms with Crippen LogP contribution in [0.4, 0.5) is 0 Å². The highest BCUT2D eigenvalue weighted by Gasteiger charge is 2.21. The lowest BCUT2D eigenvalue weighted by atomic mass is 10.0. The number of ether oxygens (including phenoxy) is 1. The van der Waals surface area contributed by atoms with Gasteiger partial charge in [0, 0.05) is 18.6 Å². The molecular formula is C22H33N3O3. The number of methoxy groups -OCH3 is 1. The number of aromatic nitrogens is 1. The van der Waals surface area contributed by atoms with E-state index in [0.29, 0.717) is 30.1 Å². The van der Waals surface area contributed by atoms with Crippen molar-refractivity contribution >= 4 is 5.91 Å². The summed E-state index contributed by atoms with van der Waals surface area (Å²) in [5.74, 6) is 1.66. The molecule has 0 fully saturated rings. The minimum Gasteiger partial charge on any atom is -0.497 e. The number of amides is 1. The highest BCUT2D eigenvalue weighted by Crippen LogP contribution is 2.20. The van der Waals surface area contributed by atoms with E-state index in [0.717, 1.165) is 24.3 Å². The third-order valence-corrected chi connectivity index (χ3v) is 5.17. The number of carbonyl (C=O) groups excluding carboxylic acids is 1. The smallest absolute Gasteiger partial charge is 0.273 e. The maximum Gasteiger partial charge on any atom is 0.273 e. The van der Waals surface area contributed by atoms with Crippen LogP contribution in [-0.2, 0) is 13.1 Å². The van der Waals surface area contributed by atoms with E-state index in [4.69, 9.17) is 9.15 Å². The summed E-state index contributed by atoms with van der Waals surface area (Å²) < 4.78 is 10.9. The molecular weight excluding hydrogens is 354 g/mol. The van der Waals surface area contributed by atoms with Gasteiger partial charge in [-0.05, 0) is 43.9 Å². The molecule has 0 bridgehead atoms. The van der Waals surface area contributed by atoms with Crippen LogP contribution in [0.2, 0.25) is 0 Å². The zero-order valence-electron chi connectivity index (χ0n) is 17.9. The maximum atomic E-state index is 12.3. The van der Waals surface area contributed by atoms with Crippen molar-refractivity contribution in [3.05, 3.63) is 47.7 Å². The van der Waals surface area contributed by atoms with Crippen LogP contribution in [0.5, 0.6) is 5.75 Å². The molecule has 6 heteroatoms. The second kappa shape index (κ2) is 10.3. The molecule has 1 aromatic heterocycles. The van der Waals surface area contributed by atoms with E-state index in [1.165, 1.54) is 6.26 Å². The average Bonchev–Trinajstić information content (AvgIpc) is 3.15. The minimum atomic E-state index is -0.194. The second-order valence-corrected chi connectivity index (χ2v) is 7.65. The third-order valence-electron chi connectivity index (χ3n) is 5.17. The Labute approximate surface area is 168 Å². The Hall–Kier alpha value is -2.34. The van der Waals surface area contributed by atoms with Crippen LogP contribution in [-0.4, -0.2) is 35.0 Å². The number of nitrogens with zero attached hydrogens (tertiary/aromatic N) is 2. The minimum absolute atomic E-state index is 0.109. The summed E-state index contributed by atoms with van der Waals surface area (Å²) in [6, 6.07) is 8.49. The van der Waals surface area contributed by atoms with E-state index in [2.05, 4.69) is 42.0 Å². The Morgan fingerprint density at radius 1 is 1.25 bits per heavy atom. The number of hydrogen-bond donors (Lipinski definition) is 1. The average molecular weight is 388 g/mol. The fraction of sp³-hybridized carbons (Fsp3) is 0.545. The Kier molecular flexibility index (Phi) is 8.05. The third kappa shape index (κ3) is 6.09. The van der Waals surface area contributed by atoms with E-state index in [9.17, 15) is 4.79 Å². The second-order valence-electron chi connectivity index (χ2n) is 7.65. The first-order chi connectivity index (χ1) is 13.3. The molecule has 0 aliphatic carbocycles. The molecule has 0 spiro atoms. The van der Waals surface area contributed by atoms with Gasteiger partial charge >= 0.3 is 0 Å². The van der Waals surface area contributed by atoms with Gasteiger partial charge in [-0.2, -0.15) is 0 Å². The summed E-state index contributed by atoms with van der Waals surface area (Å²) in [5, 5.41) is 2.92. The number of rotatable bonds is 10. The molecule has 0 unspecified atom stereocenters. The number of carbonyl (C=O) groups is 1. The molecule has 0 saturated carbocycles. The van der Waals surface area contributed by atoms with Gasteiger partial charge in [-0.25, -0.2) is 4.98 Å². The standard InChI is InChI=1S/C22H33N3O3/c1-7-16(4)23-22(26)20-14-28-21(24-20)13-25(17(5)15(2)3)12-18-9-8-10-19(11-18)27-6/h8-11,14-17H,7,12-13H2,1-6H3,(H,23,26)/t16-,17+/m0/s1. The molecule has 0 radical (unpaired) electrons. The molecule has 1 N–H and O–H groups in total. The van der Waals surface area contributed by atoms with Crippen LogP contribution in [0, 0.1) is 5.92 Å². The molecule has 154 valence electrons. The van der Waals surface area contributed by atoms with E-state index >= 15 is 0 Å². The van der Waals surface area contributed by atoms with Crippen molar-refractivity contribution in [1.29, 1.82) is 0 Å². The van der Waals surface area contributed by atoms with E-state index in [1.54, 1.807) is 7.11 Å². The Bertz CT molecular complexity index is 757. The van der Waals surface area contributed by atoms with Gasteiger partial charge in [0.1, 0.15) is 12.0 Å². The van der Waals surface area contributed by atoms with Gasteiger partial charge in [0.2, 0.25) is 5.89 Å². The van der Waals surface area contributed by atoms with E-state index < -0.39 is 0 Å². The van der Waals surface area contributed by atoms with Crippen molar-refractivity contribution in [3.63, 3.8) is 0 Å². The predicted molar refractivity (Wildman–Crippen MR) is 110 cm³/mol. The van der Waals surface area contributed by atoms with Crippen LogP contribution in [0.25, 0.3) is 0 Å². The Balaban J connectivity index is 2.13. The first kappa shape index (κ1) is 22.0. The van der Waals surface area contributed by atoms with Crippen LogP contribution in [0.1, 0.15) is 63.0 Å². The molecule has 1 aromatic carbocycles. The first-order valence-corrected chi connectivity index (χ1v) is 9.96. The van der Waals surface area contributed by atoms with E-state index in [-0.39, 0.29) is 11.9 Å². The first-order valence-electron chi connectivity index (χ1n) is 9.96. The summed E-state index contributed by atoms with van der Waals surface area (Å²) in [7, 11) is 1.67. The molecule has 2 aromatic rings. The number of oxazole rings is 1. The van der Waals surface area contributed by atoms with Gasteiger partial charge < -0.3 is 14.5 Å². The fourth-order valence-electron chi connectivity index (χ4n) is 2.83. The highest BCUT2D eigenvalue weighted by atomic mass is 16.5. The SMILES string of the molecule is CC[C@H](C)NC(=O)c1coc(CN(Cc2cccc(OC)c2)[C@H](C)C(C)C)n1. The summed E-state index contributed by atoms with van der Waals surface area (Å²) in [6.07, 6.45) is 2.31. The summed E-state index contributed by atoms with van der Waals surface area (Å²) in [6.45, 7) is 11.9. The molecule has 0 aliphatic rings. The molecule has 1 amide bonds. The van der Waals surface area contributed by atoms with Gasteiger partial charge in [-0.15, -0.1) is 0 Å². The summed E-state index contributed by atoms with van der Waals surface area (Å²) in [4.78, 5) is 19.0. The van der Waals surface area contributed by atoms with Crippen molar-refractivity contribution in [2.24, 2.45) is 5.92 Å². The number of hydrogen-bond acceptors (Lipinski definition) is 5. The van der Waals surface area contributed by atoms with Gasteiger partial charge in [0.25, 0.3) is 5.91 Å².